The van der Waals surface area contributed by atoms with Crippen LogP contribution in [0.5, 0.6) is 5.75 Å². The van der Waals surface area contributed by atoms with Crippen molar-refractivity contribution < 1.29 is 4.74 Å². The SMILES string of the molecule is COc1ccc(-c2nnc3n(Cc4ccccc4)c4c(=O)n(C)c(=O)n(C)c4n23)cc1. The fourth-order valence-electron chi connectivity index (χ4n) is 3.90. The molecule has 0 aliphatic carbocycles. The molecule has 0 saturated heterocycles. The summed E-state index contributed by atoms with van der Waals surface area (Å²) >= 11 is 0. The zero-order valence-corrected chi connectivity index (χ0v) is 17.3. The van der Waals surface area contributed by atoms with E-state index in [0.29, 0.717) is 29.3 Å². The maximum Gasteiger partial charge on any atom is 0.332 e. The summed E-state index contributed by atoms with van der Waals surface area (Å²) in [6.07, 6.45) is 0. The van der Waals surface area contributed by atoms with Crippen molar-refractivity contribution in [1.29, 1.82) is 0 Å². The van der Waals surface area contributed by atoms with Crippen molar-refractivity contribution in [2.24, 2.45) is 14.1 Å². The standard InChI is InChI=1S/C22H20N6O3/c1-25-19-17(20(29)26(2)22(25)30)27(13-14-7-5-4-6-8-14)21-24-23-18(28(19)21)15-9-11-16(31-3)12-10-15/h4-12H,13H2,1-3H3. The van der Waals surface area contributed by atoms with E-state index in [1.165, 1.54) is 11.6 Å². The summed E-state index contributed by atoms with van der Waals surface area (Å²) in [4.78, 5) is 25.9. The average Bonchev–Trinajstić information content (AvgIpc) is 3.36. The van der Waals surface area contributed by atoms with E-state index in [2.05, 4.69) is 10.2 Å². The number of imidazole rings is 1. The van der Waals surface area contributed by atoms with Gasteiger partial charge in [0.15, 0.2) is 17.0 Å². The Morgan fingerprint density at radius 3 is 2.29 bits per heavy atom. The summed E-state index contributed by atoms with van der Waals surface area (Å²) in [7, 11) is 4.73. The van der Waals surface area contributed by atoms with Gasteiger partial charge < -0.3 is 4.74 Å². The van der Waals surface area contributed by atoms with Gasteiger partial charge in [-0.15, -0.1) is 10.2 Å². The van der Waals surface area contributed by atoms with Crippen molar-refractivity contribution in [3.05, 3.63) is 81.0 Å². The minimum absolute atomic E-state index is 0.375. The van der Waals surface area contributed by atoms with Crippen LogP contribution in [0.3, 0.4) is 0 Å². The van der Waals surface area contributed by atoms with Gasteiger partial charge in [0.25, 0.3) is 5.56 Å². The molecule has 5 rings (SSSR count). The van der Waals surface area contributed by atoms with Crippen molar-refractivity contribution in [1.82, 2.24) is 28.3 Å². The predicted octanol–water partition coefficient (Wildman–Crippen LogP) is 1.81. The number of methoxy groups -OCH3 is 1. The molecular weight excluding hydrogens is 396 g/mol. The Kier molecular flexibility index (Phi) is 4.25. The fraction of sp³-hybridized carbons (Fsp3) is 0.182. The highest BCUT2D eigenvalue weighted by Crippen LogP contribution is 2.26. The maximum atomic E-state index is 13.2. The molecule has 0 unspecified atom stereocenters. The molecule has 2 aromatic carbocycles. The summed E-state index contributed by atoms with van der Waals surface area (Å²) in [6, 6.07) is 17.2. The summed E-state index contributed by atoms with van der Waals surface area (Å²) in [5, 5.41) is 8.78. The maximum absolute atomic E-state index is 13.2. The van der Waals surface area contributed by atoms with Crippen LogP contribution in [0, 0.1) is 0 Å². The van der Waals surface area contributed by atoms with Crippen molar-refractivity contribution in [2.75, 3.05) is 7.11 Å². The van der Waals surface area contributed by atoms with E-state index in [-0.39, 0.29) is 5.56 Å². The van der Waals surface area contributed by atoms with E-state index in [4.69, 9.17) is 4.74 Å². The lowest BCUT2D eigenvalue weighted by atomic mass is 10.2. The van der Waals surface area contributed by atoms with Crippen LogP contribution >= 0.6 is 0 Å². The highest BCUT2D eigenvalue weighted by molar-refractivity contribution is 5.80. The van der Waals surface area contributed by atoms with Crippen molar-refractivity contribution in [3.8, 4) is 17.1 Å². The first-order valence-electron chi connectivity index (χ1n) is 9.73. The Morgan fingerprint density at radius 2 is 1.61 bits per heavy atom. The third-order valence-corrected chi connectivity index (χ3v) is 5.51. The molecule has 0 saturated carbocycles. The smallest absolute Gasteiger partial charge is 0.332 e. The molecule has 0 aliphatic rings. The zero-order valence-electron chi connectivity index (χ0n) is 17.3. The molecule has 9 nitrogen and oxygen atoms in total. The second kappa shape index (κ2) is 6.98. The van der Waals surface area contributed by atoms with Crippen LogP contribution in [-0.2, 0) is 20.6 Å². The van der Waals surface area contributed by atoms with Gasteiger partial charge >= 0.3 is 5.69 Å². The summed E-state index contributed by atoms with van der Waals surface area (Å²) in [5.74, 6) is 1.75. The van der Waals surface area contributed by atoms with Crippen LogP contribution < -0.4 is 16.0 Å². The van der Waals surface area contributed by atoms with Gasteiger partial charge in [-0.05, 0) is 29.8 Å². The second-order valence-corrected chi connectivity index (χ2v) is 7.34. The fourth-order valence-corrected chi connectivity index (χ4v) is 3.90. The summed E-state index contributed by atoms with van der Waals surface area (Å²) < 4.78 is 11.4. The number of fused-ring (bicyclic) bond motifs is 3. The third-order valence-electron chi connectivity index (χ3n) is 5.51. The highest BCUT2D eigenvalue weighted by atomic mass is 16.5. The Hall–Kier alpha value is -4.14. The van der Waals surface area contributed by atoms with Crippen LogP contribution in [0.15, 0.2) is 64.2 Å². The molecule has 0 N–H and O–H groups in total. The molecule has 0 amide bonds. The van der Waals surface area contributed by atoms with Crippen molar-refractivity contribution in [2.45, 2.75) is 6.54 Å². The number of hydrogen-bond acceptors (Lipinski definition) is 5. The molecule has 0 aliphatic heterocycles. The van der Waals surface area contributed by atoms with Gasteiger partial charge in [0, 0.05) is 19.7 Å². The molecule has 156 valence electrons. The predicted molar refractivity (Wildman–Crippen MR) is 116 cm³/mol. The van der Waals surface area contributed by atoms with E-state index < -0.39 is 5.69 Å². The van der Waals surface area contributed by atoms with E-state index in [1.54, 1.807) is 18.6 Å². The van der Waals surface area contributed by atoms with Gasteiger partial charge in [-0.2, -0.15) is 0 Å². The van der Waals surface area contributed by atoms with E-state index in [0.717, 1.165) is 21.4 Å². The topological polar surface area (TPSA) is 88.3 Å². The molecule has 0 fully saturated rings. The number of nitrogens with zero attached hydrogens (tertiary/aromatic N) is 6. The van der Waals surface area contributed by atoms with Crippen LogP contribution in [0.2, 0.25) is 0 Å². The van der Waals surface area contributed by atoms with Gasteiger partial charge in [-0.25, -0.2) is 9.20 Å². The lowest BCUT2D eigenvalue weighted by Crippen LogP contribution is -2.37. The number of aryl methyl sites for hydroxylation is 1. The van der Waals surface area contributed by atoms with Crippen molar-refractivity contribution in [3.63, 3.8) is 0 Å². The number of benzene rings is 2. The molecule has 5 aromatic rings. The number of aromatic nitrogens is 6. The third kappa shape index (κ3) is 2.77. The summed E-state index contributed by atoms with van der Waals surface area (Å²) in [5.41, 5.74) is 1.86. The lowest BCUT2D eigenvalue weighted by Gasteiger charge is -2.08. The molecule has 3 heterocycles. The van der Waals surface area contributed by atoms with Gasteiger partial charge in [0.05, 0.1) is 13.7 Å². The highest BCUT2D eigenvalue weighted by Gasteiger charge is 2.24. The molecule has 31 heavy (non-hydrogen) atoms. The monoisotopic (exact) mass is 416 g/mol. The number of rotatable bonds is 4. The lowest BCUT2D eigenvalue weighted by molar-refractivity contribution is 0.415. The Morgan fingerprint density at radius 1 is 0.903 bits per heavy atom. The number of hydrogen-bond donors (Lipinski definition) is 0. The van der Waals surface area contributed by atoms with Gasteiger partial charge in [0.2, 0.25) is 5.78 Å². The second-order valence-electron chi connectivity index (χ2n) is 7.34. The van der Waals surface area contributed by atoms with Crippen LogP contribution in [0.25, 0.3) is 28.3 Å². The minimum atomic E-state index is -0.411. The molecule has 0 atom stereocenters. The largest absolute Gasteiger partial charge is 0.497 e. The first-order chi connectivity index (χ1) is 15.0. The molecule has 0 radical (unpaired) electrons. The molecular formula is C22H20N6O3. The average molecular weight is 416 g/mol. The summed E-state index contributed by atoms with van der Waals surface area (Å²) in [6.45, 7) is 0.419. The van der Waals surface area contributed by atoms with Gasteiger partial charge in [0.1, 0.15) is 5.75 Å². The van der Waals surface area contributed by atoms with Crippen LogP contribution in [-0.4, -0.2) is 35.4 Å². The minimum Gasteiger partial charge on any atom is -0.497 e. The Labute approximate surface area is 176 Å². The van der Waals surface area contributed by atoms with Crippen LogP contribution in [0.1, 0.15) is 5.56 Å². The van der Waals surface area contributed by atoms with Crippen LogP contribution in [0.4, 0.5) is 0 Å². The quantitative estimate of drug-likeness (QED) is 0.446. The normalized spacial score (nSPS) is 11.5. The molecule has 3 aromatic heterocycles. The Bertz CT molecular complexity index is 1540. The van der Waals surface area contributed by atoms with Gasteiger partial charge in [-0.3, -0.25) is 18.5 Å². The van der Waals surface area contributed by atoms with Gasteiger partial charge in [-0.1, -0.05) is 30.3 Å². The first-order valence-corrected chi connectivity index (χ1v) is 9.73. The van der Waals surface area contributed by atoms with Crippen molar-refractivity contribution >= 4 is 16.9 Å². The van der Waals surface area contributed by atoms with E-state index >= 15 is 0 Å². The van der Waals surface area contributed by atoms with E-state index in [9.17, 15) is 9.59 Å². The number of ether oxygens (including phenoxy) is 1. The first kappa shape index (κ1) is 18.9. The molecule has 9 heteroatoms. The molecule has 0 bridgehead atoms. The Balaban J connectivity index is 1.88. The van der Waals surface area contributed by atoms with E-state index in [1.807, 2.05) is 59.2 Å². The molecule has 0 spiro atoms. The zero-order chi connectivity index (χ0) is 21.7.